The molecule has 0 unspecified atom stereocenters. The van der Waals surface area contributed by atoms with Crippen molar-refractivity contribution in [3.63, 3.8) is 0 Å². The summed E-state index contributed by atoms with van der Waals surface area (Å²) in [4.78, 5) is 0. The maximum atomic E-state index is 10.2. The van der Waals surface area contributed by atoms with Gasteiger partial charge in [-0.25, -0.2) is 0 Å². The third-order valence-electron chi connectivity index (χ3n) is 3.12. The molecule has 2 rings (SSSR count). The fourth-order valence-corrected chi connectivity index (χ4v) is 2.08. The minimum atomic E-state index is 0.385. The molecule has 0 aliphatic rings. The summed E-state index contributed by atoms with van der Waals surface area (Å²) >= 11 is 0. The van der Waals surface area contributed by atoms with E-state index in [0.717, 1.165) is 34.9 Å². The Labute approximate surface area is 102 Å². The van der Waals surface area contributed by atoms with Gasteiger partial charge in [0.1, 0.15) is 5.75 Å². The summed E-state index contributed by atoms with van der Waals surface area (Å²) in [5.41, 5.74) is 7.72. The van der Waals surface area contributed by atoms with Crippen molar-refractivity contribution in [1.82, 2.24) is 0 Å². The number of nitrogen functional groups attached to an aromatic ring is 1. The van der Waals surface area contributed by atoms with Gasteiger partial charge in [-0.1, -0.05) is 38.1 Å². The topological polar surface area (TPSA) is 46.2 Å². The zero-order valence-corrected chi connectivity index (χ0v) is 10.4. The summed E-state index contributed by atoms with van der Waals surface area (Å²) in [5, 5.41) is 12.0. The van der Waals surface area contributed by atoms with Gasteiger partial charge >= 0.3 is 0 Å². The number of hydrogen-bond donors (Lipinski definition) is 2. The first kappa shape index (κ1) is 11.8. The second kappa shape index (κ2) is 4.66. The molecule has 0 saturated carbocycles. The summed E-state index contributed by atoms with van der Waals surface area (Å²) in [5.74, 6) is 1.01. The Morgan fingerprint density at radius 2 is 1.82 bits per heavy atom. The summed E-state index contributed by atoms with van der Waals surface area (Å²) in [6, 6.07) is 9.62. The lowest BCUT2D eigenvalue weighted by atomic mass is 9.97. The van der Waals surface area contributed by atoms with E-state index in [2.05, 4.69) is 13.8 Å². The maximum absolute atomic E-state index is 10.2. The van der Waals surface area contributed by atoms with Crippen LogP contribution < -0.4 is 5.73 Å². The number of fused-ring (bicyclic) bond motifs is 1. The molecule has 2 aromatic rings. The van der Waals surface area contributed by atoms with Crippen molar-refractivity contribution in [2.45, 2.75) is 26.7 Å². The molecule has 17 heavy (non-hydrogen) atoms. The zero-order valence-electron chi connectivity index (χ0n) is 10.4. The van der Waals surface area contributed by atoms with Gasteiger partial charge in [-0.3, -0.25) is 0 Å². The molecule has 0 radical (unpaired) electrons. The van der Waals surface area contributed by atoms with E-state index < -0.39 is 0 Å². The minimum Gasteiger partial charge on any atom is -0.507 e. The standard InChI is InChI=1S/C15H19NO/c1-10(2)7-8-11-9-14(16)12-5-3-4-6-13(12)15(11)17/h3-6,9-10,17H,7-8,16H2,1-2H3. The molecule has 90 valence electrons. The van der Waals surface area contributed by atoms with E-state index in [1.807, 2.05) is 30.3 Å². The quantitative estimate of drug-likeness (QED) is 0.622. The summed E-state index contributed by atoms with van der Waals surface area (Å²) in [6.45, 7) is 4.36. The van der Waals surface area contributed by atoms with Gasteiger partial charge in [-0.05, 0) is 30.4 Å². The van der Waals surface area contributed by atoms with E-state index >= 15 is 0 Å². The lowest BCUT2D eigenvalue weighted by molar-refractivity contribution is 0.470. The number of hydrogen-bond acceptors (Lipinski definition) is 2. The summed E-state index contributed by atoms with van der Waals surface area (Å²) in [7, 11) is 0. The van der Waals surface area contributed by atoms with E-state index in [-0.39, 0.29) is 0 Å². The van der Waals surface area contributed by atoms with Crippen LogP contribution in [0, 0.1) is 5.92 Å². The van der Waals surface area contributed by atoms with Crippen LogP contribution in [0.15, 0.2) is 30.3 Å². The fraction of sp³-hybridized carbons (Fsp3) is 0.333. The highest BCUT2D eigenvalue weighted by Gasteiger charge is 2.09. The second-order valence-corrected chi connectivity index (χ2v) is 4.95. The predicted molar refractivity (Wildman–Crippen MR) is 73.2 cm³/mol. The van der Waals surface area contributed by atoms with Gasteiger partial charge in [-0.15, -0.1) is 0 Å². The first-order valence-corrected chi connectivity index (χ1v) is 6.08. The molecule has 2 aromatic carbocycles. The smallest absolute Gasteiger partial charge is 0.126 e. The van der Waals surface area contributed by atoms with Crippen LogP contribution in [0.1, 0.15) is 25.8 Å². The largest absolute Gasteiger partial charge is 0.507 e. The highest BCUT2D eigenvalue weighted by atomic mass is 16.3. The average molecular weight is 229 g/mol. The van der Waals surface area contributed by atoms with Crippen LogP contribution in [-0.4, -0.2) is 5.11 Å². The number of phenols is 1. The lowest BCUT2D eigenvalue weighted by Gasteiger charge is -2.11. The molecule has 0 amide bonds. The van der Waals surface area contributed by atoms with Crippen molar-refractivity contribution in [2.24, 2.45) is 5.92 Å². The Balaban J connectivity index is 2.47. The Morgan fingerprint density at radius 1 is 1.18 bits per heavy atom. The van der Waals surface area contributed by atoms with Crippen molar-refractivity contribution >= 4 is 16.5 Å². The molecule has 3 N–H and O–H groups in total. The van der Waals surface area contributed by atoms with Crippen LogP contribution in [0.25, 0.3) is 10.8 Å². The first-order chi connectivity index (χ1) is 8.09. The fourth-order valence-electron chi connectivity index (χ4n) is 2.08. The number of aryl methyl sites for hydroxylation is 1. The van der Waals surface area contributed by atoms with Crippen LogP contribution in [0.2, 0.25) is 0 Å². The molecule has 2 nitrogen and oxygen atoms in total. The number of benzene rings is 2. The third kappa shape index (κ3) is 2.36. The highest BCUT2D eigenvalue weighted by Crippen LogP contribution is 2.34. The Morgan fingerprint density at radius 3 is 2.47 bits per heavy atom. The first-order valence-electron chi connectivity index (χ1n) is 6.08. The molecule has 0 atom stereocenters. The van der Waals surface area contributed by atoms with Gasteiger partial charge in [0.15, 0.2) is 0 Å². The number of rotatable bonds is 3. The molecular formula is C15H19NO. The van der Waals surface area contributed by atoms with Gasteiger partial charge in [-0.2, -0.15) is 0 Å². The third-order valence-corrected chi connectivity index (χ3v) is 3.12. The molecule has 2 heteroatoms. The van der Waals surface area contributed by atoms with Crippen LogP contribution in [0.3, 0.4) is 0 Å². The van der Waals surface area contributed by atoms with E-state index in [1.165, 1.54) is 0 Å². The monoisotopic (exact) mass is 229 g/mol. The van der Waals surface area contributed by atoms with Crippen molar-refractivity contribution in [2.75, 3.05) is 5.73 Å². The van der Waals surface area contributed by atoms with Crippen LogP contribution >= 0.6 is 0 Å². The van der Waals surface area contributed by atoms with E-state index in [9.17, 15) is 5.11 Å². The van der Waals surface area contributed by atoms with Crippen molar-refractivity contribution in [3.8, 4) is 5.75 Å². The second-order valence-electron chi connectivity index (χ2n) is 4.95. The number of aromatic hydroxyl groups is 1. The van der Waals surface area contributed by atoms with Crippen molar-refractivity contribution in [1.29, 1.82) is 0 Å². The Kier molecular flexibility index (Phi) is 3.23. The van der Waals surface area contributed by atoms with E-state index in [4.69, 9.17) is 5.73 Å². The normalized spacial score (nSPS) is 11.2. The molecule has 0 spiro atoms. The van der Waals surface area contributed by atoms with E-state index in [1.54, 1.807) is 0 Å². The van der Waals surface area contributed by atoms with Gasteiger partial charge < -0.3 is 10.8 Å². The molecule has 0 saturated heterocycles. The summed E-state index contributed by atoms with van der Waals surface area (Å²) in [6.07, 6.45) is 1.93. The Bertz CT molecular complexity index is 532. The maximum Gasteiger partial charge on any atom is 0.126 e. The number of anilines is 1. The molecule has 0 aliphatic heterocycles. The summed E-state index contributed by atoms with van der Waals surface area (Å²) < 4.78 is 0. The van der Waals surface area contributed by atoms with Gasteiger partial charge in [0.05, 0.1) is 0 Å². The Hall–Kier alpha value is -1.70. The SMILES string of the molecule is CC(C)CCc1cc(N)c2ccccc2c1O. The molecule has 0 fully saturated rings. The van der Waals surface area contributed by atoms with E-state index in [0.29, 0.717) is 11.7 Å². The van der Waals surface area contributed by atoms with Crippen molar-refractivity contribution < 1.29 is 5.11 Å². The molecule has 0 bridgehead atoms. The molecule has 0 aromatic heterocycles. The number of phenolic OH excluding ortho intramolecular Hbond substituents is 1. The van der Waals surface area contributed by atoms with Crippen LogP contribution in [0.4, 0.5) is 5.69 Å². The van der Waals surface area contributed by atoms with Gasteiger partial charge in [0.25, 0.3) is 0 Å². The highest BCUT2D eigenvalue weighted by molar-refractivity contribution is 5.97. The minimum absolute atomic E-state index is 0.385. The van der Waals surface area contributed by atoms with Gasteiger partial charge in [0, 0.05) is 16.5 Å². The lowest BCUT2D eigenvalue weighted by Crippen LogP contribution is -1.96. The van der Waals surface area contributed by atoms with Gasteiger partial charge in [0.2, 0.25) is 0 Å². The molecule has 0 heterocycles. The zero-order chi connectivity index (χ0) is 12.4. The molecule has 0 aliphatic carbocycles. The average Bonchev–Trinajstić information content (AvgIpc) is 2.32. The number of nitrogens with two attached hydrogens (primary N) is 1. The van der Waals surface area contributed by atoms with Crippen LogP contribution in [-0.2, 0) is 6.42 Å². The van der Waals surface area contributed by atoms with Crippen LogP contribution in [0.5, 0.6) is 5.75 Å². The predicted octanol–water partition coefficient (Wildman–Crippen LogP) is 3.72. The van der Waals surface area contributed by atoms with Crippen molar-refractivity contribution in [3.05, 3.63) is 35.9 Å². The molecular weight excluding hydrogens is 210 g/mol.